The maximum atomic E-state index is 14.1. The molecule has 3 aromatic rings. The van der Waals surface area contributed by atoms with Gasteiger partial charge in [0.05, 0.1) is 12.6 Å². The van der Waals surface area contributed by atoms with E-state index in [4.69, 9.17) is 4.74 Å². The number of carbonyl (C=O) groups excluding carboxylic acids is 2. The first-order valence-electron chi connectivity index (χ1n) is 16.1. The van der Waals surface area contributed by atoms with Gasteiger partial charge in [0, 0.05) is 25.1 Å². The van der Waals surface area contributed by atoms with Crippen molar-refractivity contribution in [3.63, 3.8) is 0 Å². The molecule has 43 heavy (non-hydrogen) atoms. The SMILES string of the molecule is CCN(CC)CCCOc1cccc(C(=O)N2Cc3ccccc3CC2C(=O)NC2CCCc3ccc(C(C)C)cc32)c1. The highest BCUT2D eigenvalue weighted by Crippen LogP contribution is 2.33. The molecule has 1 N–H and O–H groups in total. The molecule has 2 aliphatic rings. The summed E-state index contributed by atoms with van der Waals surface area (Å²) < 4.78 is 6.04. The summed E-state index contributed by atoms with van der Waals surface area (Å²) in [5.41, 5.74) is 6.60. The van der Waals surface area contributed by atoms with E-state index in [1.807, 2.05) is 36.4 Å². The molecule has 2 unspecified atom stereocenters. The van der Waals surface area contributed by atoms with Crippen molar-refractivity contribution in [1.29, 1.82) is 0 Å². The number of benzene rings is 3. The van der Waals surface area contributed by atoms with Crippen molar-refractivity contribution in [2.75, 3.05) is 26.2 Å². The van der Waals surface area contributed by atoms with Gasteiger partial charge in [-0.25, -0.2) is 0 Å². The van der Waals surface area contributed by atoms with Gasteiger partial charge in [-0.15, -0.1) is 0 Å². The predicted molar refractivity (Wildman–Crippen MR) is 173 cm³/mol. The second-order valence-electron chi connectivity index (χ2n) is 12.2. The number of rotatable bonds is 11. The van der Waals surface area contributed by atoms with Gasteiger partial charge in [-0.1, -0.05) is 76.2 Å². The topological polar surface area (TPSA) is 61.9 Å². The van der Waals surface area contributed by atoms with Crippen LogP contribution in [0.4, 0.5) is 0 Å². The highest BCUT2D eigenvalue weighted by atomic mass is 16.5. The Morgan fingerprint density at radius 2 is 1.77 bits per heavy atom. The Bertz CT molecular complexity index is 1410. The largest absolute Gasteiger partial charge is 0.494 e. The fourth-order valence-electron chi connectivity index (χ4n) is 6.47. The molecule has 2 atom stereocenters. The molecule has 5 rings (SSSR count). The summed E-state index contributed by atoms with van der Waals surface area (Å²) in [5, 5.41) is 3.38. The number of hydrogen-bond acceptors (Lipinski definition) is 4. The summed E-state index contributed by atoms with van der Waals surface area (Å²) in [7, 11) is 0. The van der Waals surface area contributed by atoms with Crippen molar-refractivity contribution in [3.05, 3.63) is 100 Å². The zero-order valence-electron chi connectivity index (χ0n) is 26.3. The van der Waals surface area contributed by atoms with Crippen LogP contribution in [0, 0.1) is 0 Å². The highest BCUT2D eigenvalue weighted by Gasteiger charge is 2.36. The molecule has 0 spiro atoms. The lowest BCUT2D eigenvalue weighted by Crippen LogP contribution is -2.53. The lowest BCUT2D eigenvalue weighted by atomic mass is 9.84. The van der Waals surface area contributed by atoms with Gasteiger partial charge in [-0.05, 0) is 90.7 Å². The number of nitrogens with zero attached hydrogens (tertiary/aromatic N) is 2. The summed E-state index contributed by atoms with van der Waals surface area (Å²) in [5.74, 6) is 0.881. The normalized spacial score (nSPS) is 17.9. The zero-order valence-corrected chi connectivity index (χ0v) is 26.3. The Morgan fingerprint density at radius 3 is 2.53 bits per heavy atom. The van der Waals surface area contributed by atoms with Gasteiger partial charge in [-0.2, -0.15) is 0 Å². The molecule has 0 fully saturated rings. The van der Waals surface area contributed by atoms with E-state index in [-0.39, 0.29) is 17.9 Å². The molecule has 0 radical (unpaired) electrons. The number of hydrogen-bond donors (Lipinski definition) is 1. The van der Waals surface area contributed by atoms with Gasteiger partial charge >= 0.3 is 0 Å². The molecule has 0 saturated carbocycles. The number of ether oxygens (including phenoxy) is 1. The molecule has 1 aliphatic heterocycles. The van der Waals surface area contributed by atoms with Crippen LogP contribution in [0.5, 0.6) is 5.75 Å². The Morgan fingerprint density at radius 1 is 0.977 bits per heavy atom. The van der Waals surface area contributed by atoms with Gasteiger partial charge in [0.15, 0.2) is 0 Å². The molecule has 0 aromatic heterocycles. The Hall–Kier alpha value is -3.64. The summed E-state index contributed by atoms with van der Waals surface area (Å²) in [6.07, 6.45) is 4.41. The average Bonchev–Trinajstić information content (AvgIpc) is 3.04. The van der Waals surface area contributed by atoms with Gasteiger partial charge in [0.25, 0.3) is 5.91 Å². The highest BCUT2D eigenvalue weighted by molar-refractivity contribution is 5.98. The number of aryl methyl sites for hydroxylation is 1. The van der Waals surface area contributed by atoms with Gasteiger partial charge < -0.3 is 19.9 Å². The van der Waals surface area contributed by atoms with Gasteiger partial charge in [-0.3, -0.25) is 9.59 Å². The van der Waals surface area contributed by atoms with Crippen LogP contribution < -0.4 is 10.1 Å². The fraction of sp³-hybridized carbons (Fsp3) is 0.459. The molecule has 3 aromatic carbocycles. The molecular formula is C37H47N3O3. The van der Waals surface area contributed by atoms with Crippen LogP contribution in [0.3, 0.4) is 0 Å². The van der Waals surface area contributed by atoms with Crippen LogP contribution in [0.15, 0.2) is 66.7 Å². The zero-order chi connectivity index (χ0) is 30.3. The minimum atomic E-state index is -0.584. The maximum Gasteiger partial charge on any atom is 0.254 e. The third-order valence-electron chi connectivity index (χ3n) is 9.14. The van der Waals surface area contributed by atoms with Gasteiger partial charge in [0.2, 0.25) is 5.91 Å². The lowest BCUT2D eigenvalue weighted by Gasteiger charge is -2.37. The van der Waals surface area contributed by atoms with Crippen molar-refractivity contribution < 1.29 is 14.3 Å². The lowest BCUT2D eigenvalue weighted by molar-refractivity contribution is -0.127. The van der Waals surface area contributed by atoms with E-state index >= 15 is 0 Å². The molecule has 0 bridgehead atoms. The van der Waals surface area contributed by atoms with E-state index < -0.39 is 6.04 Å². The van der Waals surface area contributed by atoms with E-state index in [1.165, 1.54) is 16.7 Å². The molecule has 1 aliphatic carbocycles. The first-order valence-corrected chi connectivity index (χ1v) is 16.1. The minimum absolute atomic E-state index is 0.0443. The third kappa shape index (κ3) is 7.30. The van der Waals surface area contributed by atoms with Gasteiger partial charge in [0.1, 0.15) is 11.8 Å². The quantitative estimate of drug-likeness (QED) is 0.257. The fourth-order valence-corrected chi connectivity index (χ4v) is 6.47. The number of amides is 2. The van der Waals surface area contributed by atoms with E-state index in [0.717, 1.165) is 56.4 Å². The van der Waals surface area contributed by atoms with Crippen molar-refractivity contribution >= 4 is 11.8 Å². The maximum absolute atomic E-state index is 14.1. The molecular weight excluding hydrogens is 534 g/mol. The summed E-state index contributed by atoms with van der Waals surface area (Å²) >= 11 is 0. The van der Waals surface area contributed by atoms with E-state index in [0.29, 0.717) is 36.8 Å². The molecule has 6 heteroatoms. The molecule has 0 saturated heterocycles. The second kappa shape index (κ2) is 14.2. The monoisotopic (exact) mass is 581 g/mol. The van der Waals surface area contributed by atoms with E-state index in [2.05, 4.69) is 68.2 Å². The van der Waals surface area contributed by atoms with Crippen molar-refractivity contribution in [2.24, 2.45) is 0 Å². The number of carbonyl (C=O) groups is 2. The van der Waals surface area contributed by atoms with Crippen LogP contribution >= 0.6 is 0 Å². The smallest absolute Gasteiger partial charge is 0.254 e. The minimum Gasteiger partial charge on any atom is -0.494 e. The first kappa shape index (κ1) is 30.8. The molecule has 6 nitrogen and oxygen atoms in total. The van der Waals surface area contributed by atoms with E-state index in [9.17, 15) is 9.59 Å². The number of nitrogens with one attached hydrogen (secondary N) is 1. The Kier molecular flexibility index (Phi) is 10.2. The van der Waals surface area contributed by atoms with Crippen LogP contribution in [-0.2, 0) is 24.2 Å². The molecule has 2 amide bonds. The molecule has 1 heterocycles. The van der Waals surface area contributed by atoms with Crippen LogP contribution in [-0.4, -0.2) is 53.9 Å². The average molecular weight is 582 g/mol. The second-order valence-corrected chi connectivity index (χ2v) is 12.2. The number of fused-ring (bicyclic) bond motifs is 2. The van der Waals surface area contributed by atoms with Crippen LogP contribution in [0.2, 0.25) is 0 Å². The van der Waals surface area contributed by atoms with Crippen LogP contribution in [0.25, 0.3) is 0 Å². The standard InChI is InChI=1S/C37H47N3O3/c1-5-39(6-2)20-11-21-43-32-16-9-15-30(22-32)37(42)40-25-31-13-8-7-12-29(31)24-35(40)36(41)38-34-17-10-14-27-18-19-28(26(3)4)23-33(27)34/h7-9,12-13,15-16,18-19,22-23,26,34-35H,5-6,10-11,14,17,20-21,24-25H2,1-4H3,(H,38,41). The Balaban J connectivity index is 1.34. The van der Waals surface area contributed by atoms with Crippen molar-refractivity contribution in [1.82, 2.24) is 15.1 Å². The summed E-state index contributed by atoms with van der Waals surface area (Å²) in [6, 6.07) is 21.7. The summed E-state index contributed by atoms with van der Waals surface area (Å²) in [6.45, 7) is 12.8. The van der Waals surface area contributed by atoms with Crippen molar-refractivity contribution in [2.45, 2.75) is 84.3 Å². The third-order valence-corrected chi connectivity index (χ3v) is 9.14. The summed E-state index contributed by atoms with van der Waals surface area (Å²) in [4.78, 5) is 32.3. The van der Waals surface area contributed by atoms with Crippen LogP contribution in [0.1, 0.15) is 97.1 Å². The predicted octanol–water partition coefficient (Wildman–Crippen LogP) is 6.68. The Labute approximate surface area is 257 Å². The molecule has 228 valence electrons. The van der Waals surface area contributed by atoms with E-state index in [1.54, 1.807) is 4.90 Å². The van der Waals surface area contributed by atoms with Crippen molar-refractivity contribution in [3.8, 4) is 5.75 Å². The first-order chi connectivity index (χ1) is 20.9.